The fourth-order valence-electron chi connectivity index (χ4n) is 11.2. The lowest BCUT2D eigenvalue weighted by molar-refractivity contribution is -0.165. The second-order valence-electron chi connectivity index (χ2n) is 14.6. The van der Waals surface area contributed by atoms with Crippen molar-refractivity contribution in [3.05, 3.63) is 12.2 Å². The highest BCUT2D eigenvalue weighted by atomic mass is 16.5. The molecule has 34 heavy (non-hydrogen) atoms. The van der Waals surface area contributed by atoms with Gasteiger partial charge in [0.2, 0.25) is 0 Å². The van der Waals surface area contributed by atoms with E-state index in [1.807, 2.05) is 0 Å². The molecule has 5 rings (SSSR count). The average molecular weight is 469 g/mol. The van der Waals surface area contributed by atoms with E-state index in [0.717, 1.165) is 30.1 Å². The summed E-state index contributed by atoms with van der Waals surface area (Å²) in [6.45, 7) is 21.0. The van der Waals surface area contributed by atoms with Crippen LogP contribution in [0.1, 0.15) is 119 Å². The van der Waals surface area contributed by atoms with Crippen LogP contribution in [0.5, 0.6) is 0 Å². The molecule has 0 aromatic rings. The molecule has 5 fully saturated rings. The zero-order valence-electron chi connectivity index (χ0n) is 23.3. The van der Waals surface area contributed by atoms with Crippen molar-refractivity contribution in [1.82, 2.24) is 0 Å². The summed E-state index contributed by atoms with van der Waals surface area (Å²) in [4.78, 5) is 11.7. The minimum atomic E-state index is -0.0870. The van der Waals surface area contributed by atoms with Crippen molar-refractivity contribution < 1.29 is 9.53 Å². The van der Waals surface area contributed by atoms with Crippen LogP contribution in [-0.2, 0) is 9.53 Å². The van der Waals surface area contributed by atoms with Crippen LogP contribution < -0.4 is 0 Å². The molecule has 5 saturated carbocycles. The third-order valence-electron chi connectivity index (χ3n) is 13.4. The largest absolute Gasteiger partial charge is 0.462 e. The number of fused-ring (bicyclic) bond motifs is 2. The van der Waals surface area contributed by atoms with Gasteiger partial charge in [0.25, 0.3) is 0 Å². The molecule has 0 aliphatic heterocycles. The molecule has 0 N–H and O–H groups in total. The standard InChI is InChI=1S/C32H52O2/c1-20(2)21(3)9-10-22(4)25-13-15-30(8)28-12-11-26-23(5)27(34-24(6)33)14-16-31(26)19-32(28,31)18-17-29(25,30)7/h20,22-23,25-28H,3,9-19H2,1-2,4-8H3/t22-,23+,25-,26+,27+,28-,29-,30+,31-,32+/m1/s1. The van der Waals surface area contributed by atoms with Gasteiger partial charge >= 0.3 is 5.97 Å². The van der Waals surface area contributed by atoms with Crippen LogP contribution in [-0.4, -0.2) is 12.1 Å². The van der Waals surface area contributed by atoms with Crippen molar-refractivity contribution in [2.75, 3.05) is 0 Å². The van der Waals surface area contributed by atoms with E-state index in [4.69, 9.17) is 4.74 Å². The molecule has 0 amide bonds. The normalized spacial score (nSPS) is 49.9. The lowest BCUT2D eigenvalue weighted by atomic mass is 9.43. The van der Waals surface area contributed by atoms with Gasteiger partial charge in [-0.2, -0.15) is 0 Å². The Bertz CT molecular complexity index is 844. The van der Waals surface area contributed by atoms with Gasteiger partial charge in [-0.3, -0.25) is 4.79 Å². The van der Waals surface area contributed by atoms with Gasteiger partial charge in [-0.05, 0) is 128 Å². The maximum Gasteiger partial charge on any atom is 0.302 e. The fourth-order valence-corrected chi connectivity index (χ4v) is 11.2. The third kappa shape index (κ3) is 3.21. The van der Waals surface area contributed by atoms with E-state index >= 15 is 0 Å². The van der Waals surface area contributed by atoms with E-state index in [2.05, 4.69) is 48.1 Å². The monoisotopic (exact) mass is 468 g/mol. The molecule has 2 heteroatoms. The first-order valence-corrected chi connectivity index (χ1v) is 14.8. The second kappa shape index (κ2) is 8.11. The van der Waals surface area contributed by atoms with Crippen LogP contribution in [0.4, 0.5) is 0 Å². The highest BCUT2D eigenvalue weighted by Gasteiger charge is 2.81. The molecule has 2 spiro atoms. The van der Waals surface area contributed by atoms with E-state index in [-0.39, 0.29) is 12.1 Å². The number of rotatable bonds is 6. The number of hydrogen-bond donors (Lipinski definition) is 0. The number of allylic oxidation sites excluding steroid dienone is 1. The van der Waals surface area contributed by atoms with Crippen LogP contribution in [0.15, 0.2) is 12.2 Å². The molecule has 0 heterocycles. The average Bonchev–Trinajstić information content (AvgIpc) is 3.36. The van der Waals surface area contributed by atoms with Gasteiger partial charge in [-0.1, -0.05) is 53.7 Å². The molecule has 10 atom stereocenters. The quantitative estimate of drug-likeness (QED) is 0.288. The van der Waals surface area contributed by atoms with Crippen LogP contribution in [0.25, 0.3) is 0 Å². The Morgan fingerprint density at radius 2 is 1.71 bits per heavy atom. The predicted molar refractivity (Wildman–Crippen MR) is 140 cm³/mol. The Hall–Kier alpha value is -0.790. The van der Waals surface area contributed by atoms with E-state index in [1.165, 1.54) is 69.8 Å². The third-order valence-corrected chi connectivity index (χ3v) is 13.4. The summed E-state index contributed by atoms with van der Waals surface area (Å²) in [5.74, 6) is 4.43. The minimum Gasteiger partial charge on any atom is -0.462 e. The van der Waals surface area contributed by atoms with Crippen molar-refractivity contribution in [3.8, 4) is 0 Å². The van der Waals surface area contributed by atoms with Crippen molar-refractivity contribution in [2.45, 2.75) is 125 Å². The van der Waals surface area contributed by atoms with E-state index in [9.17, 15) is 4.79 Å². The number of carbonyl (C=O) groups is 1. The van der Waals surface area contributed by atoms with E-state index in [1.54, 1.807) is 6.92 Å². The van der Waals surface area contributed by atoms with Crippen LogP contribution in [0, 0.1) is 57.2 Å². The first-order chi connectivity index (χ1) is 15.9. The highest BCUT2D eigenvalue weighted by Crippen LogP contribution is 2.88. The maximum atomic E-state index is 11.7. The molecule has 5 aliphatic rings. The zero-order valence-corrected chi connectivity index (χ0v) is 23.3. The highest BCUT2D eigenvalue weighted by molar-refractivity contribution is 5.66. The van der Waals surface area contributed by atoms with Crippen molar-refractivity contribution >= 4 is 5.97 Å². The Morgan fingerprint density at radius 3 is 2.38 bits per heavy atom. The van der Waals surface area contributed by atoms with Gasteiger partial charge in [0.15, 0.2) is 0 Å². The molecule has 0 bridgehead atoms. The Balaban J connectivity index is 1.35. The van der Waals surface area contributed by atoms with Crippen LogP contribution in [0.2, 0.25) is 0 Å². The second-order valence-corrected chi connectivity index (χ2v) is 14.6. The molecule has 0 aromatic carbocycles. The number of hydrogen-bond acceptors (Lipinski definition) is 2. The summed E-state index contributed by atoms with van der Waals surface area (Å²) < 4.78 is 5.80. The molecule has 5 aliphatic carbocycles. The Kier molecular flexibility index (Phi) is 5.93. The fraction of sp³-hybridized carbons (Fsp3) is 0.906. The summed E-state index contributed by atoms with van der Waals surface area (Å²) in [6.07, 6.45) is 15.1. The summed E-state index contributed by atoms with van der Waals surface area (Å²) >= 11 is 0. The van der Waals surface area contributed by atoms with Gasteiger partial charge in [0.05, 0.1) is 0 Å². The van der Waals surface area contributed by atoms with Crippen molar-refractivity contribution in [2.24, 2.45) is 57.2 Å². The first-order valence-electron chi connectivity index (χ1n) is 14.8. The predicted octanol–water partition coefficient (Wildman–Crippen LogP) is 8.60. The number of carbonyl (C=O) groups excluding carboxylic acids is 1. The molecule has 0 radical (unpaired) electrons. The zero-order chi connectivity index (χ0) is 24.7. The molecule has 0 unspecified atom stereocenters. The van der Waals surface area contributed by atoms with Gasteiger partial charge in [0, 0.05) is 6.92 Å². The van der Waals surface area contributed by atoms with Gasteiger partial charge < -0.3 is 4.74 Å². The molecule has 192 valence electrons. The lowest BCUT2D eigenvalue weighted by Gasteiger charge is -2.62. The molecule has 0 aromatic heterocycles. The molecular formula is C32H52O2. The van der Waals surface area contributed by atoms with E-state index < -0.39 is 0 Å². The van der Waals surface area contributed by atoms with Crippen LogP contribution in [0.3, 0.4) is 0 Å². The minimum absolute atomic E-state index is 0.0870. The summed E-state index contributed by atoms with van der Waals surface area (Å²) in [6, 6.07) is 0. The van der Waals surface area contributed by atoms with Gasteiger partial charge in [-0.15, -0.1) is 0 Å². The van der Waals surface area contributed by atoms with E-state index in [0.29, 0.717) is 33.5 Å². The van der Waals surface area contributed by atoms with Crippen molar-refractivity contribution in [3.63, 3.8) is 0 Å². The lowest BCUT2D eigenvalue weighted by Crippen LogP contribution is -2.56. The molecule has 2 nitrogen and oxygen atoms in total. The van der Waals surface area contributed by atoms with Crippen molar-refractivity contribution in [1.29, 1.82) is 0 Å². The topological polar surface area (TPSA) is 26.3 Å². The Morgan fingerprint density at radius 1 is 0.971 bits per heavy atom. The van der Waals surface area contributed by atoms with Gasteiger partial charge in [-0.25, -0.2) is 0 Å². The molecule has 0 saturated heterocycles. The Labute approximate surface area is 210 Å². The number of esters is 1. The van der Waals surface area contributed by atoms with Gasteiger partial charge in [0.1, 0.15) is 6.10 Å². The smallest absolute Gasteiger partial charge is 0.302 e. The summed E-state index contributed by atoms with van der Waals surface area (Å²) in [5, 5.41) is 0. The summed E-state index contributed by atoms with van der Waals surface area (Å²) in [7, 11) is 0. The summed E-state index contributed by atoms with van der Waals surface area (Å²) in [5.41, 5.74) is 3.61. The van der Waals surface area contributed by atoms with Crippen LogP contribution >= 0.6 is 0 Å². The SMILES string of the molecule is C=C(CC[C@@H](C)[C@H]1CC[C@@]2(C)[C@H]3CC[C@H]4[C@H](C)[C@@H](OC(C)=O)CC[C@@]45C[C@@]35CC[C@]12C)C(C)C. The molecular weight excluding hydrogens is 416 g/mol. The number of ether oxygens (including phenoxy) is 1. The first kappa shape index (κ1) is 24.9. The maximum absolute atomic E-state index is 11.7.